The molecule has 5 heteroatoms. The van der Waals surface area contributed by atoms with E-state index < -0.39 is 11.2 Å². The van der Waals surface area contributed by atoms with E-state index in [1.807, 2.05) is 0 Å². The highest BCUT2D eigenvalue weighted by Crippen LogP contribution is 2.35. The average molecular weight is 266 g/mol. The number of H-pyrrole nitrogens is 1. The summed E-state index contributed by atoms with van der Waals surface area (Å²) in [5, 5.41) is 10.2. The molecular weight excluding hydrogens is 244 g/mol. The molecule has 19 heavy (non-hydrogen) atoms. The molecule has 0 aromatic carbocycles. The molecule has 0 aliphatic heterocycles. The zero-order chi connectivity index (χ0) is 14.0. The number of aromatic hydroxyl groups is 1. The number of nitrogens with zero attached hydrogens (tertiary/aromatic N) is 1. The number of rotatable bonds is 3. The molecule has 0 radical (unpaired) electrons. The maximum absolute atomic E-state index is 12.0. The third kappa shape index (κ3) is 2.60. The number of nitrogens with one attached hydrogen (secondary N) is 1. The van der Waals surface area contributed by atoms with Crippen LogP contribution in [0, 0.1) is 5.92 Å². The second kappa shape index (κ2) is 5.63. The van der Waals surface area contributed by atoms with Gasteiger partial charge in [-0.2, -0.15) is 0 Å². The second-order valence-electron chi connectivity index (χ2n) is 5.38. The molecule has 1 aromatic rings. The van der Waals surface area contributed by atoms with Gasteiger partial charge in [0, 0.05) is 6.04 Å². The minimum atomic E-state index is -0.485. The van der Waals surface area contributed by atoms with Gasteiger partial charge in [0.25, 0.3) is 5.56 Å². The predicted octanol–water partition coefficient (Wildman–Crippen LogP) is 1.95. The monoisotopic (exact) mass is 266 g/mol. The third-order valence-corrected chi connectivity index (χ3v) is 4.26. The van der Waals surface area contributed by atoms with Crippen LogP contribution in [0.15, 0.2) is 9.59 Å². The standard InChI is InChI=1S/C14H22N2O3/c1-3-9-6-5-7-10(8-9)16-13(18)11(4-2)12(17)15-14(16)19/h9-10,18H,3-8H2,1-2H3,(H,15,17,19). The molecule has 1 aromatic heterocycles. The Morgan fingerprint density at radius 3 is 2.68 bits per heavy atom. The smallest absolute Gasteiger partial charge is 0.331 e. The highest BCUT2D eigenvalue weighted by Gasteiger charge is 2.26. The Kier molecular flexibility index (Phi) is 4.12. The van der Waals surface area contributed by atoms with Gasteiger partial charge in [-0.05, 0) is 25.2 Å². The van der Waals surface area contributed by atoms with Crippen LogP contribution in [0.5, 0.6) is 5.88 Å². The van der Waals surface area contributed by atoms with Gasteiger partial charge in [0.15, 0.2) is 0 Å². The Bertz CT molecular complexity index is 559. The summed E-state index contributed by atoms with van der Waals surface area (Å²) in [5.74, 6) is 0.458. The molecule has 2 atom stereocenters. The molecule has 5 nitrogen and oxygen atoms in total. The lowest BCUT2D eigenvalue weighted by Gasteiger charge is -2.30. The Labute approximate surface area is 112 Å². The van der Waals surface area contributed by atoms with Crippen molar-refractivity contribution < 1.29 is 5.11 Å². The zero-order valence-corrected chi connectivity index (χ0v) is 11.6. The van der Waals surface area contributed by atoms with Crippen molar-refractivity contribution in [1.29, 1.82) is 0 Å². The number of hydrogen-bond donors (Lipinski definition) is 2. The Hall–Kier alpha value is -1.52. The molecule has 0 saturated heterocycles. The van der Waals surface area contributed by atoms with Gasteiger partial charge in [-0.3, -0.25) is 14.3 Å². The predicted molar refractivity (Wildman–Crippen MR) is 73.7 cm³/mol. The summed E-state index contributed by atoms with van der Waals surface area (Å²) in [4.78, 5) is 25.9. The van der Waals surface area contributed by atoms with E-state index in [2.05, 4.69) is 11.9 Å². The summed E-state index contributed by atoms with van der Waals surface area (Å²) in [6.07, 6.45) is 5.56. The molecule has 1 aliphatic carbocycles. The van der Waals surface area contributed by atoms with Gasteiger partial charge in [0.05, 0.1) is 5.56 Å². The number of hydrogen-bond acceptors (Lipinski definition) is 3. The van der Waals surface area contributed by atoms with Crippen molar-refractivity contribution in [3.8, 4) is 5.88 Å². The van der Waals surface area contributed by atoms with Gasteiger partial charge >= 0.3 is 5.69 Å². The lowest BCUT2D eigenvalue weighted by Crippen LogP contribution is -2.36. The molecule has 1 saturated carbocycles. The Morgan fingerprint density at radius 1 is 1.32 bits per heavy atom. The van der Waals surface area contributed by atoms with Crippen LogP contribution in [0.2, 0.25) is 0 Å². The molecule has 0 bridgehead atoms. The Balaban J connectivity index is 2.44. The van der Waals surface area contributed by atoms with E-state index in [1.54, 1.807) is 6.92 Å². The summed E-state index contributed by atoms with van der Waals surface area (Å²) >= 11 is 0. The molecule has 0 spiro atoms. The third-order valence-electron chi connectivity index (χ3n) is 4.26. The zero-order valence-electron chi connectivity index (χ0n) is 11.6. The number of aromatic nitrogens is 2. The molecule has 0 amide bonds. The van der Waals surface area contributed by atoms with Crippen molar-refractivity contribution in [2.24, 2.45) is 5.92 Å². The topological polar surface area (TPSA) is 75.1 Å². The van der Waals surface area contributed by atoms with Crippen LogP contribution >= 0.6 is 0 Å². The van der Waals surface area contributed by atoms with Gasteiger partial charge < -0.3 is 5.11 Å². The summed E-state index contributed by atoms with van der Waals surface area (Å²) in [6.45, 7) is 3.95. The van der Waals surface area contributed by atoms with Crippen molar-refractivity contribution >= 4 is 0 Å². The molecule has 2 N–H and O–H groups in total. The highest BCUT2D eigenvalue weighted by atomic mass is 16.3. The van der Waals surface area contributed by atoms with Crippen LogP contribution in [-0.4, -0.2) is 14.7 Å². The van der Waals surface area contributed by atoms with E-state index in [0.29, 0.717) is 17.9 Å². The fourth-order valence-corrected chi connectivity index (χ4v) is 3.10. The fourth-order valence-electron chi connectivity index (χ4n) is 3.10. The van der Waals surface area contributed by atoms with E-state index in [4.69, 9.17) is 0 Å². The maximum atomic E-state index is 12.0. The van der Waals surface area contributed by atoms with Crippen LogP contribution in [0.1, 0.15) is 57.6 Å². The Morgan fingerprint density at radius 2 is 2.05 bits per heavy atom. The first-order chi connectivity index (χ1) is 9.08. The van der Waals surface area contributed by atoms with Gasteiger partial charge in [0.2, 0.25) is 5.88 Å². The van der Waals surface area contributed by atoms with Crippen LogP contribution in [0.4, 0.5) is 0 Å². The van der Waals surface area contributed by atoms with E-state index in [0.717, 1.165) is 25.7 Å². The average Bonchev–Trinajstić information content (AvgIpc) is 2.39. The molecule has 2 unspecified atom stereocenters. The van der Waals surface area contributed by atoms with Gasteiger partial charge in [-0.15, -0.1) is 0 Å². The van der Waals surface area contributed by atoms with Gasteiger partial charge in [-0.1, -0.05) is 33.1 Å². The first-order valence-corrected chi connectivity index (χ1v) is 7.15. The summed E-state index contributed by atoms with van der Waals surface area (Å²) in [6, 6.07) is 0.00773. The van der Waals surface area contributed by atoms with E-state index >= 15 is 0 Å². The van der Waals surface area contributed by atoms with Crippen molar-refractivity contribution in [2.75, 3.05) is 0 Å². The maximum Gasteiger partial charge on any atom is 0.331 e. The minimum Gasteiger partial charge on any atom is -0.494 e. The van der Waals surface area contributed by atoms with Crippen LogP contribution < -0.4 is 11.2 Å². The lowest BCUT2D eigenvalue weighted by molar-refractivity contribution is 0.236. The fraction of sp³-hybridized carbons (Fsp3) is 0.714. The molecule has 2 rings (SSSR count). The van der Waals surface area contributed by atoms with Crippen molar-refractivity contribution in [1.82, 2.24) is 9.55 Å². The van der Waals surface area contributed by atoms with Gasteiger partial charge in [0.1, 0.15) is 0 Å². The van der Waals surface area contributed by atoms with Crippen molar-refractivity contribution in [3.63, 3.8) is 0 Å². The van der Waals surface area contributed by atoms with Crippen LogP contribution in [0.3, 0.4) is 0 Å². The largest absolute Gasteiger partial charge is 0.494 e. The second-order valence-corrected chi connectivity index (χ2v) is 5.38. The van der Waals surface area contributed by atoms with E-state index in [9.17, 15) is 14.7 Å². The van der Waals surface area contributed by atoms with Crippen LogP contribution in [0.25, 0.3) is 0 Å². The molecule has 1 fully saturated rings. The van der Waals surface area contributed by atoms with Crippen LogP contribution in [-0.2, 0) is 6.42 Å². The molecule has 1 heterocycles. The summed E-state index contributed by atoms with van der Waals surface area (Å²) in [7, 11) is 0. The van der Waals surface area contributed by atoms with Gasteiger partial charge in [-0.25, -0.2) is 4.79 Å². The SMILES string of the molecule is CCc1c(O)n(C2CCCC(CC)C2)c(=O)[nH]c1=O. The molecular formula is C14H22N2O3. The van der Waals surface area contributed by atoms with Crippen molar-refractivity contribution in [3.05, 3.63) is 26.4 Å². The lowest BCUT2D eigenvalue weighted by atomic mass is 9.84. The first-order valence-electron chi connectivity index (χ1n) is 7.15. The molecule has 106 valence electrons. The van der Waals surface area contributed by atoms with E-state index in [1.165, 1.54) is 11.0 Å². The first kappa shape index (κ1) is 13.9. The summed E-state index contributed by atoms with van der Waals surface area (Å²) < 4.78 is 1.39. The van der Waals surface area contributed by atoms with E-state index in [-0.39, 0.29) is 11.9 Å². The minimum absolute atomic E-state index is 0.00773. The highest BCUT2D eigenvalue weighted by molar-refractivity contribution is 5.23. The molecule has 1 aliphatic rings. The van der Waals surface area contributed by atoms with Crippen molar-refractivity contribution in [2.45, 2.75) is 58.4 Å². The number of aromatic amines is 1. The normalized spacial score (nSPS) is 23.5. The quantitative estimate of drug-likeness (QED) is 0.878. The summed E-state index contributed by atoms with van der Waals surface area (Å²) in [5.41, 5.74) is -0.649.